The van der Waals surface area contributed by atoms with E-state index in [2.05, 4.69) is 46.4 Å². The van der Waals surface area contributed by atoms with Crippen molar-refractivity contribution < 1.29 is 4.42 Å². The van der Waals surface area contributed by atoms with Gasteiger partial charge in [0.05, 0.1) is 10.7 Å². The first-order valence-corrected chi connectivity index (χ1v) is 7.18. The maximum atomic E-state index is 5.52. The zero-order valence-corrected chi connectivity index (χ0v) is 12.0. The van der Waals surface area contributed by atoms with Gasteiger partial charge in [-0.25, -0.2) is 0 Å². The monoisotopic (exact) mass is 305 g/mol. The normalized spacial score (nSPS) is 18.0. The number of furan rings is 1. The minimum atomic E-state index is 0.527. The fourth-order valence-electron chi connectivity index (χ4n) is 2.72. The molecule has 1 atom stereocenters. The van der Waals surface area contributed by atoms with E-state index in [9.17, 15) is 0 Å². The molecular weight excluding hydrogens is 290 g/mol. The van der Waals surface area contributed by atoms with Crippen LogP contribution in [-0.2, 0) is 6.42 Å². The van der Waals surface area contributed by atoms with Gasteiger partial charge < -0.3 is 9.73 Å². The van der Waals surface area contributed by atoms with Gasteiger partial charge in [-0.1, -0.05) is 19.1 Å². The van der Waals surface area contributed by atoms with Gasteiger partial charge in [0.15, 0.2) is 0 Å². The molecule has 0 aliphatic heterocycles. The van der Waals surface area contributed by atoms with E-state index in [1.54, 1.807) is 6.26 Å². The number of fused-ring (bicyclic) bond motifs is 1. The van der Waals surface area contributed by atoms with Crippen LogP contribution in [0.15, 0.2) is 39.4 Å². The predicted molar refractivity (Wildman–Crippen MR) is 76.6 cm³/mol. The lowest BCUT2D eigenvalue weighted by Gasteiger charge is -2.12. The molecule has 94 valence electrons. The van der Waals surface area contributed by atoms with Crippen molar-refractivity contribution in [3.63, 3.8) is 0 Å². The first kappa shape index (κ1) is 12.0. The van der Waals surface area contributed by atoms with Gasteiger partial charge >= 0.3 is 0 Å². The number of hydrogen-bond acceptors (Lipinski definition) is 2. The number of aryl methyl sites for hydroxylation is 1. The molecule has 1 N–H and O–H groups in total. The highest BCUT2D eigenvalue weighted by Crippen LogP contribution is 2.36. The lowest BCUT2D eigenvalue weighted by molar-refractivity contribution is 0.549. The van der Waals surface area contributed by atoms with Crippen molar-refractivity contribution in [3.05, 3.63) is 46.1 Å². The van der Waals surface area contributed by atoms with Crippen LogP contribution in [-0.4, -0.2) is 6.54 Å². The largest absolute Gasteiger partial charge is 0.463 e. The molecular formula is C15H16BrNO. The summed E-state index contributed by atoms with van der Waals surface area (Å²) < 4.78 is 6.54. The molecule has 0 bridgehead atoms. The zero-order valence-electron chi connectivity index (χ0n) is 10.4. The van der Waals surface area contributed by atoms with Gasteiger partial charge in [0.1, 0.15) is 5.76 Å². The lowest BCUT2D eigenvalue weighted by Crippen LogP contribution is -2.18. The van der Waals surface area contributed by atoms with E-state index < -0.39 is 0 Å². The van der Waals surface area contributed by atoms with E-state index in [4.69, 9.17) is 4.42 Å². The van der Waals surface area contributed by atoms with Crippen molar-refractivity contribution in [2.24, 2.45) is 0 Å². The first-order chi connectivity index (χ1) is 8.79. The van der Waals surface area contributed by atoms with E-state index in [1.807, 2.05) is 6.07 Å². The molecule has 1 aromatic carbocycles. The average molecular weight is 306 g/mol. The molecule has 3 rings (SSSR count). The van der Waals surface area contributed by atoms with E-state index in [1.165, 1.54) is 17.5 Å². The van der Waals surface area contributed by atoms with Crippen LogP contribution < -0.4 is 5.32 Å². The summed E-state index contributed by atoms with van der Waals surface area (Å²) in [5.41, 5.74) is 4.05. The summed E-state index contributed by atoms with van der Waals surface area (Å²) in [5.74, 6) is 0.921. The number of rotatable bonds is 3. The highest BCUT2D eigenvalue weighted by molar-refractivity contribution is 9.10. The zero-order chi connectivity index (χ0) is 12.5. The highest BCUT2D eigenvalue weighted by atomic mass is 79.9. The van der Waals surface area contributed by atoms with Gasteiger partial charge in [-0.2, -0.15) is 0 Å². The summed E-state index contributed by atoms with van der Waals surface area (Å²) in [6.07, 6.45) is 4.07. The summed E-state index contributed by atoms with van der Waals surface area (Å²) in [5, 5.41) is 3.53. The standard InChI is InChI=1S/C15H16BrNO/c1-2-17-14-6-4-10-9-11(3-5-12(10)14)15-13(16)7-8-18-15/h3,5,7-9,14,17H,2,4,6H2,1H3. The fraction of sp³-hybridized carbons (Fsp3) is 0.333. The van der Waals surface area contributed by atoms with Crippen molar-refractivity contribution in [2.45, 2.75) is 25.8 Å². The highest BCUT2D eigenvalue weighted by Gasteiger charge is 2.22. The van der Waals surface area contributed by atoms with Crippen molar-refractivity contribution in [1.82, 2.24) is 5.32 Å². The Balaban J connectivity index is 1.96. The third-order valence-corrected chi connectivity index (χ3v) is 4.18. The second-order valence-corrected chi connectivity index (χ2v) is 5.51. The second kappa shape index (κ2) is 4.90. The van der Waals surface area contributed by atoms with Crippen LogP contribution in [0.3, 0.4) is 0 Å². The van der Waals surface area contributed by atoms with Crippen LogP contribution in [0.1, 0.15) is 30.5 Å². The molecule has 0 spiro atoms. The van der Waals surface area contributed by atoms with Crippen LogP contribution in [0.25, 0.3) is 11.3 Å². The van der Waals surface area contributed by atoms with Crippen molar-refractivity contribution >= 4 is 15.9 Å². The van der Waals surface area contributed by atoms with E-state index in [-0.39, 0.29) is 0 Å². The Morgan fingerprint density at radius 1 is 1.39 bits per heavy atom. The third kappa shape index (κ3) is 2.02. The van der Waals surface area contributed by atoms with Gasteiger partial charge in [0, 0.05) is 11.6 Å². The maximum absolute atomic E-state index is 5.52. The van der Waals surface area contributed by atoms with Crippen molar-refractivity contribution in [2.75, 3.05) is 6.54 Å². The van der Waals surface area contributed by atoms with Gasteiger partial charge in [-0.3, -0.25) is 0 Å². The molecule has 18 heavy (non-hydrogen) atoms. The molecule has 0 radical (unpaired) electrons. The Labute approximate surface area is 116 Å². The van der Waals surface area contributed by atoms with E-state index in [0.717, 1.165) is 28.8 Å². The number of hydrogen-bond donors (Lipinski definition) is 1. The quantitative estimate of drug-likeness (QED) is 0.914. The number of benzene rings is 1. The first-order valence-electron chi connectivity index (χ1n) is 6.39. The fourth-order valence-corrected chi connectivity index (χ4v) is 3.15. The number of nitrogens with one attached hydrogen (secondary N) is 1. The van der Waals surface area contributed by atoms with Crippen LogP contribution in [0.5, 0.6) is 0 Å². The van der Waals surface area contributed by atoms with E-state index in [0.29, 0.717) is 6.04 Å². The maximum Gasteiger partial charge on any atom is 0.148 e. The van der Waals surface area contributed by atoms with Gasteiger partial charge in [-0.15, -0.1) is 0 Å². The molecule has 1 unspecified atom stereocenters. The van der Waals surface area contributed by atoms with Crippen LogP contribution >= 0.6 is 15.9 Å². The Morgan fingerprint density at radius 2 is 2.28 bits per heavy atom. The minimum absolute atomic E-state index is 0.527. The molecule has 1 aromatic heterocycles. The molecule has 1 aliphatic carbocycles. The van der Waals surface area contributed by atoms with Crippen molar-refractivity contribution in [3.8, 4) is 11.3 Å². The third-order valence-electron chi connectivity index (χ3n) is 3.55. The Bertz CT molecular complexity index is 561. The Hall–Kier alpha value is -1.06. The summed E-state index contributed by atoms with van der Waals surface area (Å²) in [6, 6.07) is 9.11. The summed E-state index contributed by atoms with van der Waals surface area (Å²) >= 11 is 3.51. The summed E-state index contributed by atoms with van der Waals surface area (Å²) in [6.45, 7) is 3.18. The minimum Gasteiger partial charge on any atom is -0.463 e. The molecule has 0 saturated carbocycles. The molecule has 2 nitrogen and oxygen atoms in total. The lowest BCUT2D eigenvalue weighted by atomic mass is 10.0. The van der Waals surface area contributed by atoms with Crippen molar-refractivity contribution in [1.29, 1.82) is 0 Å². The topological polar surface area (TPSA) is 25.2 Å². The molecule has 0 amide bonds. The summed E-state index contributed by atoms with van der Waals surface area (Å²) in [4.78, 5) is 0. The molecule has 1 aliphatic rings. The SMILES string of the molecule is CCNC1CCc2cc(-c3occc3Br)ccc21. The van der Waals surface area contributed by atoms with Gasteiger partial charge in [-0.05, 0) is 58.6 Å². The molecule has 0 fully saturated rings. The van der Waals surface area contributed by atoms with Gasteiger partial charge in [0.25, 0.3) is 0 Å². The molecule has 0 saturated heterocycles. The van der Waals surface area contributed by atoms with Crippen LogP contribution in [0.4, 0.5) is 0 Å². The molecule has 3 heteroatoms. The second-order valence-electron chi connectivity index (χ2n) is 4.66. The molecule has 1 heterocycles. The van der Waals surface area contributed by atoms with Crippen LogP contribution in [0, 0.1) is 0 Å². The van der Waals surface area contributed by atoms with Crippen LogP contribution in [0.2, 0.25) is 0 Å². The Kier molecular flexibility index (Phi) is 3.27. The van der Waals surface area contributed by atoms with Gasteiger partial charge in [0.2, 0.25) is 0 Å². The molecule has 2 aromatic rings. The predicted octanol–water partition coefficient (Wildman–Crippen LogP) is 4.31. The average Bonchev–Trinajstić information content (AvgIpc) is 2.96. The number of halogens is 1. The smallest absolute Gasteiger partial charge is 0.148 e. The summed E-state index contributed by atoms with van der Waals surface area (Å²) in [7, 11) is 0. The Morgan fingerprint density at radius 3 is 3.00 bits per heavy atom. The van der Waals surface area contributed by atoms with E-state index >= 15 is 0 Å².